The fraction of sp³-hybridized carbons (Fsp3) is 0.0500. The van der Waals surface area contributed by atoms with Gasteiger partial charge in [-0.15, -0.1) is 0 Å². The number of rotatable bonds is 4. The average Bonchev–Trinajstić information content (AvgIpc) is 3.10. The molecule has 4 rings (SSSR count). The van der Waals surface area contributed by atoms with Gasteiger partial charge in [-0.2, -0.15) is 0 Å². The van der Waals surface area contributed by atoms with Crippen LogP contribution in [0.4, 0.5) is 11.5 Å². The van der Waals surface area contributed by atoms with E-state index in [9.17, 15) is 0 Å². The zero-order valence-corrected chi connectivity index (χ0v) is 15.0. The van der Waals surface area contributed by atoms with Crippen molar-refractivity contribution in [3.05, 3.63) is 77.0 Å². The van der Waals surface area contributed by atoms with Crippen LogP contribution in [0.15, 0.2) is 71.5 Å². The minimum Gasteiger partial charge on any atom is -0.382 e. The average molecular weight is 393 g/mol. The van der Waals surface area contributed by atoms with Crippen LogP contribution < -0.4 is 11.1 Å². The molecule has 0 aliphatic rings. The van der Waals surface area contributed by atoms with Crippen molar-refractivity contribution in [2.75, 3.05) is 11.1 Å². The molecule has 0 bridgehead atoms. The van der Waals surface area contributed by atoms with Gasteiger partial charge in [0.2, 0.25) is 0 Å². The van der Waals surface area contributed by atoms with Crippen LogP contribution in [0.3, 0.4) is 0 Å². The lowest BCUT2D eigenvalue weighted by Gasteiger charge is -2.10. The number of aromatic nitrogens is 2. The molecule has 124 valence electrons. The largest absolute Gasteiger partial charge is 0.382 e. The molecule has 0 saturated carbocycles. The third kappa shape index (κ3) is 3.37. The number of nitrogens with zero attached hydrogens (tertiary/aromatic N) is 1. The second kappa shape index (κ2) is 6.61. The van der Waals surface area contributed by atoms with Gasteiger partial charge in [-0.3, -0.25) is 0 Å². The summed E-state index contributed by atoms with van der Waals surface area (Å²) in [6.45, 7) is 0.681. The van der Waals surface area contributed by atoms with Crippen molar-refractivity contribution in [3.8, 4) is 11.1 Å². The number of aromatic amines is 1. The van der Waals surface area contributed by atoms with Gasteiger partial charge in [-0.25, -0.2) is 4.98 Å². The highest BCUT2D eigenvalue weighted by molar-refractivity contribution is 9.10. The van der Waals surface area contributed by atoms with Gasteiger partial charge in [-0.05, 0) is 62.3 Å². The van der Waals surface area contributed by atoms with Crippen molar-refractivity contribution in [2.45, 2.75) is 6.54 Å². The molecule has 0 saturated heterocycles. The number of hydrogen-bond donors (Lipinski definition) is 3. The Hall–Kier alpha value is -2.79. The summed E-state index contributed by atoms with van der Waals surface area (Å²) in [7, 11) is 0. The van der Waals surface area contributed by atoms with Crippen molar-refractivity contribution in [1.82, 2.24) is 9.97 Å². The predicted molar refractivity (Wildman–Crippen MR) is 107 cm³/mol. The van der Waals surface area contributed by atoms with Crippen LogP contribution in [0.1, 0.15) is 5.56 Å². The summed E-state index contributed by atoms with van der Waals surface area (Å²) in [5.41, 5.74) is 11.5. The fourth-order valence-corrected chi connectivity index (χ4v) is 3.21. The number of hydrogen-bond acceptors (Lipinski definition) is 3. The van der Waals surface area contributed by atoms with Crippen LogP contribution in [-0.4, -0.2) is 9.97 Å². The Kier molecular flexibility index (Phi) is 4.15. The highest BCUT2D eigenvalue weighted by Crippen LogP contribution is 2.26. The second-order valence-corrected chi connectivity index (χ2v) is 6.84. The van der Waals surface area contributed by atoms with Crippen LogP contribution in [0.2, 0.25) is 0 Å². The Morgan fingerprint density at radius 3 is 2.84 bits per heavy atom. The Bertz CT molecular complexity index is 1040. The predicted octanol–water partition coefficient (Wildman–Crippen LogP) is 5.19. The second-order valence-electron chi connectivity index (χ2n) is 5.92. The Morgan fingerprint density at radius 1 is 1.04 bits per heavy atom. The van der Waals surface area contributed by atoms with E-state index >= 15 is 0 Å². The van der Waals surface area contributed by atoms with E-state index < -0.39 is 0 Å². The van der Waals surface area contributed by atoms with Crippen molar-refractivity contribution in [3.63, 3.8) is 0 Å². The molecule has 0 radical (unpaired) electrons. The van der Waals surface area contributed by atoms with E-state index in [0.29, 0.717) is 12.4 Å². The van der Waals surface area contributed by atoms with Crippen molar-refractivity contribution >= 4 is 38.3 Å². The number of nitrogens with two attached hydrogens (primary N) is 1. The number of nitrogens with one attached hydrogen (secondary N) is 2. The van der Waals surface area contributed by atoms with Crippen LogP contribution in [0.5, 0.6) is 0 Å². The van der Waals surface area contributed by atoms with E-state index in [0.717, 1.165) is 15.7 Å². The molecule has 0 atom stereocenters. The summed E-state index contributed by atoms with van der Waals surface area (Å²) < 4.78 is 0.900. The molecule has 4 N–H and O–H groups in total. The third-order valence-corrected chi connectivity index (χ3v) is 4.62. The number of anilines is 2. The molecule has 0 unspecified atom stereocenters. The van der Waals surface area contributed by atoms with Gasteiger partial charge in [0.1, 0.15) is 5.82 Å². The molecular formula is C20H17BrN4. The molecule has 2 heterocycles. The number of nitrogen functional groups attached to an aromatic ring is 1. The standard InChI is InChI=1S/C20H17BrN4/c21-17-10-19(20(22)25-12-17)24-11-13-2-1-3-15(8-13)16-5-4-14-6-7-23-18(14)9-16/h1-10,12,23-24H,11H2,(H2,22,25). The van der Waals surface area contributed by atoms with Gasteiger partial charge in [0.25, 0.3) is 0 Å². The Morgan fingerprint density at radius 2 is 1.92 bits per heavy atom. The summed E-state index contributed by atoms with van der Waals surface area (Å²) in [6.07, 6.45) is 3.66. The Labute approximate surface area is 154 Å². The summed E-state index contributed by atoms with van der Waals surface area (Å²) in [5.74, 6) is 0.497. The monoisotopic (exact) mass is 392 g/mol. The number of pyridine rings is 1. The van der Waals surface area contributed by atoms with Gasteiger partial charge in [-0.1, -0.05) is 30.3 Å². The van der Waals surface area contributed by atoms with Gasteiger partial charge < -0.3 is 16.0 Å². The van der Waals surface area contributed by atoms with E-state index in [1.54, 1.807) is 6.20 Å². The maximum Gasteiger partial charge on any atom is 0.146 e. The van der Waals surface area contributed by atoms with E-state index in [1.807, 2.05) is 12.3 Å². The quantitative estimate of drug-likeness (QED) is 0.447. The normalized spacial score (nSPS) is 10.9. The number of fused-ring (bicyclic) bond motifs is 1. The maximum absolute atomic E-state index is 5.92. The molecule has 0 aliphatic heterocycles. The topological polar surface area (TPSA) is 66.7 Å². The third-order valence-electron chi connectivity index (χ3n) is 4.18. The zero-order chi connectivity index (χ0) is 17.2. The first-order chi connectivity index (χ1) is 12.2. The lowest BCUT2D eigenvalue weighted by atomic mass is 10.0. The minimum absolute atomic E-state index is 0.497. The molecule has 2 aromatic carbocycles. The van der Waals surface area contributed by atoms with Gasteiger partial charge in [0.15, 0.2) is 0 Å². The van der Waals surface area contributed by atoms with Crippen molar-refractivity contribution in [1.29, 1.82) is 0 Å². The van der Waals surface area contributed by atoms with Crippen molar-refractivity contribution in [2.24, 2.45) is 0 Å². The molecule has 4 aromatic rings. The summed E-state index contributed by atoms with van der Waals surface area (Å²) in [4.78, 5) is 7.41. The van der Waals surface area contributed by atoms with E-state index in [4.69, 9.17) is 5.73 Å². The maximum atomic E-state index is 5.92. The Balaban J connectivity index is 1.57. The first-order valence-corrected chi connectivity index (χ1v) is 8.80. The molecule has 0 spiro atoms. The molecule has 2 aromatic heterocycles. The molecule has 0 aliphatic carbocycles. The molecular weight excluding hydrogens is 376 g/mol. The van der Waals surface area contributed by atoms with Gasteiger partial charge in [0, 0.05) is 28.9 Å². The first kappa shape index (κ1) is 15.7. The van der Waals surface area contributed by atoms with Gasteiger partial charge >= 0.3 is 0 Å². The van der Waals surface area contributed by atoms with Crippen LogP contribution in [0, 0.1) is 0 Å². The van der Waals surface area contributed by atoms with Crippen molar-refractivity contribution < 1.29 is 0 Å². The van der Waals surface area contributed by atoms with Crippen LogP contribution in [0.25, 0.3) is 22.0 Å². The lowest BCUT2D eigenvalue weighted by molar-refractivity contribution is 1.14. The first-order valence-electron chi connectivity index (χ1n) is 8.00. The molecule has 4 nitrogen and oxygen atoms in total. The highest BCUT2D eigenvalue weighted by Gasteiger charge is 2.04. The smallest absolute Gasteiger partial charge is 0.146 e. The number of halogens is 1. The van der Waals surface area contributed by atoms with Crippen LogP contribution in [-0.2, 0) is 6.54 Å². The molecule has 0 amide bonds. The summed E-state index contributed by atoms with van der Waals surface area (Å²) >= 11 is 3.42. The number of H-pyrrole nitrogens is 1. The lowest BCUT2D eigenvalue weighted by Crippen LogP contribution is -2.04. The summed E-state index contributed by atoms with van der Waals surface area (Å²) in [6, 6.07) is 19.0. The van der Waals surface area contributed by atoms with E-state index in [2.05, 4.69) is 79.7 Å². The molecule has 25 heavy (non-hydrogen) atoms. The minimum atomic E-state index is 0.497. The fourth-order valence-electron chi connectivity index (χ4n) is 2.88. The van der Waals surface area contributed by atoms with Gasteiger partial charge in [0.05, 0.1) is 5.69 Å². The summed E-state index contributed by atoms with van der Waals surface area (Å²) in [5, 5.41) is 4.57. The highest BCUT2D eigenvalue weighted by atomic mass is 79.9. The van der Waals surface area contributed by atoms with Crippen LogP contribution >= 0.6 is 15.9 Å². The zero-order valence-electron chi connectivity index (χ0n) is 13.5. The SMILES string of the molecule is Nc1ncc(Br)cc1NCc1cccc(-c2ccc3cc[nH]c3c2)c1. The van der Waals surface area contributed by atoms with E-state index in [1.165, 1.54) is 22.1 Å². The number of benzene rings is 2. The molecule has 0 fully saturated rings. The van der Waals surface area contributed by atoms with E-state index in [-0.39, 0.29) is 0 Å². The molecule has 5 heteroatoms.